The van der Waals surface area contributed by atoms with Gasteiger partial charge in [0.05, 0.1) is 0 Å². The summed E-state index contributed by atoms with van der Waals surface area (Å²) in [4.78, 5) is 1.32. The van der Waals surface area contributed by atoms with Crippen LogP contribution in [0.5, 0.6) is 0 Å². The molecule has 0 unspecified atom stereocenters. The number of hydrogen-bond donors (Lipinski definition) is 1. The highest BCUT2D eigenvalue weighted by Crippen LogP contribution is 2.32. The predicted molar refractivity (Wildman–Crippen MR) is 70.1 cm³/mol. The van der Waals surface area contributed by atoms with Crippen molar-refractivity contribution >= 4 is 27.3 Å². The van der Waals surface area contributed by atoms with Crippen LogP contribution in [0.25, 0.3) is 10.4 Å². The van der Waals surface area contributed by atoms with Crippen LogP contribution in [0.4, 0.5) is 0 Å². The van der Waals surface area contributed by atoms with E-state index in [2.05, 4.69) is 52.5 Å². The summed E-state index contributed by atoms with van der Waals surface area (Å²) in [6, 6.07) is 8.39. The van der Waals surface area contributed by atoms with Gasteiger partial charge in [0.1, 0.15) is 0 Å². The van der Waals surface area contributed by atoms with Crippen LogP contribution in [0.2, 0.25) is 0 Å². The standard InChI is InChI=1S/C12H12BrNS/c1-8-10(6-14)7-15-12(8)9-2-4-11(13)5-3-9/h2-5,7H,6,14H2,1H3. The van der Waals surface area contributed by atoms with Crippen LogP contribution in [0.3, 0.4) is 0 Å². The Bertz CT molecular complexity index is 459. The molecule has 0 spiro atoms. The molecule has 78 valence electrons. The lowest BCUT2D eigenvalue weighted by Gasteiger charge is -2.01. The van der Waals surface area contributed by atoms with E-state index in [1.165, 1.54) is 21.6 Å². The third-order valence-corrected chi connectivity index (χ3v) is 4.18. The maximum Gasteiger partial charge on any atom is 0.0375 e. The Labute approximate surface area is 102 Å². The van der Waals surface area contributed by atoms with Crippen molar-refractivity contribution in [1.82, 2.24) is 0 Å². The molecule has 2 rings (SSSR count). The van der Waals surface area contributed by atoms with Crippen molar-refractivity contribution in [2.45, 2.75) is 13.5 Å². The van der Waals surface area contributed by atoms with E-state index in [1.54, 1.807) is 11.3 Å². The fourth-order valence-corrected chi connectivity index (χ4v) is 2.92. The maximum atomic E-state index is 5.67. The highest BCUT2D eigenvalue weighted by atomic mass is 79.9. The SMILES string of the molecule is Cc1c(CN)csc1-c1ccc(Br)cc1. The number of nitrogens with two attached hydrogens (primary N) is 1. The zero-order valence-electron chi connectivity index (χ0n) is 8.46. The first-order chi connectivity index (χ1) is 7.22. The molecule has 2 N–H and O–H groups in total. The second-order valence-electron chi connectivity index (χ2n) is 3.43. The van der Waals surface area contributed by atoms with Gasteiger partial charge in [-0.3, -0.25) is 0 Å². The fourth-order valence-electron chi connectivity index (χ4n) is 1.54. The van der Waals surface area contributed by atoms with Gasteiger partial charge in [-0.2, -0.15) is 0 Å². The molecule has 1 nitrogen and oxygen atoms in total. The van der Waals surface area contributed by atoms with Crippen molar-refractivity contribution in [2.24, 2.45) is 5.73 Å². The number of hydrogen-bond acceptors (Lipinski definition) is 2. The summed E-state index contributed by atoms with van der Waals surface area (Å²) in [5, 5.41) is 2.15. The minimum atomic E-state index is 0.624. The van der Waals surface area contributed by atoms with E-state index in [1.807, 2.05) is 0 Å². The van der Waals surface area contributed by atoms with Crippen LogP contribution < -0.4 is 5.73 Å². The lowest BCUT2D eigenvalue weighted by atomic mass is 10.1. The summed E-state index contributed by atoms with van der Waals surface area (Å²) < 4.78 is 1.11. The number of halogens is 1. The Morgan fingerprint density at radius 3 is 2.47 bits per heavy atom. The zero-order valence-corrected chi connectivity index (χ0v) is 10.9. The van der Waals surface area contributed by atoms with Gasteiger partial charge in [0.2, 0.25) is 0 Å². The molecule has 0 atom stereocenters. The van der Waals surface area contributed by atoms with Gasteiger partial charge in [-0.25, -0.2) is 0 Å². The molecule has 0 bridgehead atoms. The predicted octanol–water partition coefficient (Wildman–Crippen LogP) is 3.94. The summed E-state index contributed by atoms with van der Waals surface area (Å²) in [7, 11) is 0. The summed E-state index contributed by atoms with van der Waals surface area (Å²) in [6.07, 6.45) is 0. The van der Waals surface area contributed by atoms with Crippen molar-refractivity contribution in [3.63, 3.8) is 0 Å². The molecule has 3 heteroatoms. The number of benzene rings is 1. The highest BCUT2D eigenvalue weighted by molar-refractivity contribution is 9.10. The van der Waals surface area contributed by atoms with E-state index in [9.17, 15) is 0 Å². The van der Waals surface area contributed by atoms with Gasteiger partial charge in [0, 0.05) is 15.9 Å². The van der Waals surface area contributed by atoms with Gasteiger partial charge >= 0.3 is 0 Å². The Hall–Kier alpha value is -0.640. The van der Waals surface area contributed by atoms with E-state index in [4.69, 9.17) is 5.73 Å². The summed E-state index contributed by atoms with van der Waals surface area (Å²) in [5.41, 5.74) is 9.49. The maximum absolute atomic E-state index is 5.67. The average molecular weight is 282 g/mol. The Morgan fingerprint density at radius 1 is 1.27 bits per heavy atom. The molecule has 0 aliphatic heterocycles. The second-order valence-corrected chi connectivity index (χ2v) is 5.22. The molecule has 1 aromatic carbocycles. The van der Waals surface area contributed by atoms with Crippen molar-refractivity contribution in [3.8, 4) is 10.4 Å². The third-order valence-electron chi connectivity index (χ3n) is 2.47. The Balaban J connectivity index is 2.45. The van der Waals surface area contributed by atoms with Crippen LogP contribution in [-0.2, 0) is 6.54 Å². The van der Waals surface area contributed by atoms with Gasteiger partial charge < -0.3 is 5.73 Å². The third kappa shape index (κ3) is 2.14. The molecule has 1 heterocycles. The van der Waals surface area contributed by atoms with E-state index >= 15 is 0 Å². The van der Waals surface area contributed by atoms with Gasteiger partial charge in [0.25, 0.3) is 0 Å². The second kappa shape index (κ2) is 4.47. The van der Waals surface area contributed by atoms with Crippen LogP contribution in [0.15, 0.2) is 34.1 Å². The molecule has 1 aromatic heterocycles. The van der Waals surface area contributed by atoms with Crippen LogP contribution >= 0.6 is 27.3 Å². The lowest BCUT2D eigenvalue weighted by molar-refractivity contribution is 1.06. The van der Waals surface area contributed by atoms with Crippen molar-refractivity contribution in [2.75, 3.05) is 0 Å². The van der Waals surface area contributed by atoms with Gasteiger partial charge in [0.15, 0.2) is 0 Å². The average Bonchev–Trinajstić information content (AvgIpc) is 2.61. The molecule has 0 saturated carbocycles. The normalized spacial score (nSPS) is 10.6. The summed E-state index contributed by atoms with van der Waals surface area (Å²) in [5.74, 6) is 0. The van der Waals surface area contributed by atoms with Crippen LogP contribution in [0, 0.1) is 6.92 Å². The summed E-state index contributed by atoms with van der Waals surface area (Å²) >= 11 is 5.20. The Morgan fingerprint density at radius 2 is 1.93 bits per heavy atom. The minimum absolute atomic E-state index is 0.624. The molecule has 0 aliphatic rings. The first-order valence-electron chi connectivity index (χ1n) is 4.75. The molecule has 0 saturated heterocycles. The van der Waals surface area contributed by atoms with Gasteiger partial charge in [-0.1, -0.05) is 28.1 Å². The molecule has 0 aliphatic carbocycles. The Kier molecular flexibility index (Phi) is 3.24. The molecular weight excluding hydrogens is 270 g/mol. The van der Waals surface area contributed by atoms with E-state index < -0.39 is 0 Å². The first-order valence-corrected chi connectivity index (χ1v) is 6.42. The fraction of sp³-hybridized carbons (Fsp3) is 0.167. The highest BCUT2D eigenvalue weighted by Gasteiger charge is 2.07. The largest absolute Gasteiger partial charge is 0.326 e. The molecule has 15 heavy (non-hydrogen) atoms. The number of rotatable bonds is 2. The smallest absolute Gasteiger partial charge is 0.0375 e. The molecular formula is C12H12BrNS. The zero-order chi connectivity index (χ0) is 10.8. The van der Waals surface area contributed by atoms with Crippen molar-refractivity contribution in [1.29, 1.82) is 0 Å². The molecule has 0 radical (unpaired) electrons. The molecule has 2 aromatic rings. The van der Waals surface area contributed by atoms with E-state index in [-0.39, 0.29) is 0 Å². The lowest BCUT2D eigenvalue weighted by Crippen LogP contribution is -1.95. The van der Waals surface area contributed by atoms with Gasteiger partial charge in [-0.15, -0.1) is 11.3 Å². The van der Waals surface area contributed by atoms with E-state index in [0.717, 1.165) is 4.47 Å². The first kappa shape index (κ1) is 10.9. The monoisotopic (exact) mass is 281 g/mol. The quantitative estimate of drug-likeness (QED) is 0.887. The topological polar surface area (TPSA) is 26.0 Å². The van der Waals surface area contributed by atoms with E-state index in [0.29, 0.717) is 6.54 Å². The molecule has 0 amide bonds. The minimum Gasteiger partial charge on any atom is -0.326 e. The van der Waals surface area contributed by atoms with Crippen molar-refractivity contribution in [3.05, 3.63) is 45.2 Å². The van der Waals surface area contributed by atoms with Gasteiger partial charge in [-0.05, 0) is 41.1 Å². The summed E-state index contributed by atoms with van der Waals surface area (Å²) in [6.45, 7) is 2.76. The van der Waals surface area contributed by atoms with Crippen LogP contribution in [-0.4, -0.2) is 0 Å². The number of thiophene rings is 1. The van der Waals surface area contributed by atoms with Crippen LogP contribution in [0.1, 0.15) is 11.1 Å². The van der Waals surface area contributed by atoms with Crippen molar-refractivity contribution < 1.29 is 0 Å². The molecule has 0 fully saturated rings.